The zero-order valence-corrected chi connectivity index (χ0v) is 13.7. The Bertz CT molecular complexity index is 926. The summed E-state index contributed by atoms with van der Waals surface area (Å²) in [6.45, 7) is 2.53. The van der Waals surface area contributed by atoms with Gasteiger partial charge >= 0.3 is 0 Å². The lowest BCUT2D eigenvalue weighted by atomic mass is 9.81. The van der Waals surface area contributed by atoms with Crippen LogP contribution in [0.4, 0.5) is 5.69 Å². The summed E-state index contributed by atoms with van der Waals surface area (Å²) >= 11 is 0. The summed E-state index contributed by atoms with van der Waals surface area (Å²) in [6.07, 6.45) is 0.535. The smallest absolute Gasteiger partial charge is 0.136 e. The number of anilines is 1. The van der Waals surface area contributed by atoms with Crippen molar-refractivity contribution in [3.63, 3.8) is 0 Å². The third kappa shape index (κ3) is 2.20. The van der Waals surface area contributed by atoms with Crippen LogP contribution in [0.2, 0.25) is 0 Å². The summed E-state index contributed by atoms with van der Waals surface area (Å²) in [7, 11) is 1.63. The van der Waals surface area contributed by atoms with E-state index in [1.54, 1.807) is 7.11 Å². The number of aliphatic hydroxyl groups is 1. The van der Waals surface area contributed by atoms with Crippen molar-refractivity contribution in [2.75, 3.05) is 19.0 Å². The molecule has 1 aliphatic heterocycles. The number of hydrogen-bond donors (Lipinski definition) is 2. The van der Waals surface area contributed by atoms with E-state index in [-0.39, 0.29) is 0 Å². The van der Waals surface area contributed by atoms with Gasteiger partial charge in [0.25, 0.3) is 0 Å². The summed E-state index contributed by atoms with van der Waals surface area (Å²) in [5.41, 5.74) is 2.02. The van der Waals surface area contributed by atoms with E-state index < -0.39 is 5.60 Å². The molecule has 0 amide bonds. The topological polar surface area (TPSA) is 67.3 Å². The number of aromatic nitrogens is 2. The lowest BCUT2D eigenvalue weighted by Gasteiger charge is -2.35. The van der Waals surface area contributed by atoms with Gasteiger partial charge in [0.1, 0.15) is 17.2 Å². The molecule has 0 saturated heterocycles. The Morgan fingerprint density at radius 3 is 2.83 bits per heavy atom. The van der Waals surface area contributed by atoms with Gasteiger partial charge in [0, 0.05) is 29.6 Å². The quantitative estimate of drug-likeness (QED) is 0.759. The lowest BCUT2D eigenvalue weighted by Crippen LogP contribution is -2.36. The van der Waals surface area contributed by atoms with Crippen LogP contribution in [0, 0.1) is 6.92 Å². The lowest BCUT2D eigenvalue weighted by molar-refractivity contribution is 0.0686. The van der Waals surface area contributed by atoms with Crippen LogP contribution in [-0.4, -0.2) is 28.7 Å². The second-order valence-corrected chi connectivity index (χ2v) is 6.09. The number of methoxy groups -OCH3 is 1. The van der Waals surface area contributed by atoms with Crippen molar-refractivity contribution in [1.82, 2.24) is 9.97 Å². The first-order chi connectivity index (χ1) is 11.6. The molecule has 1 unspecified atom stereocenters. The molecule has 0 spiro atoms. The van der Waals surface area contributed by atoms with Crippen molar-refractivity contribution >= 4 is 16.6 Å². The number of aryl methyl sites for hydroxylation is 1. The van der Waals surface area contributed by atoms with Crippen molar-refractivity contribution in [1.29, 1.82) is 0 Å². The van der Waals surface area contributed by atoms with E-state index in [0.29, 0.717) is 30.2 Å². The van der Waals surface area contributed by atoms with Gasteiger partial charge in [0.2, 0.25) is 0 Å². The first-order valence-corrected chi connectivity index (χ1v) is 8.00. The van der Waals surface area contributed by atoms with E-state index >= 15 is 0 Å². The minimum atomic E-state index is -1.18. The predicted octanol–water partition coefficient (Wildman–Crippen LogP) is 3.00. The van der Waals surface area contributed by atoms with Crippen LogP contribution < -0.4 is 10.1 Å². The molecule has 24 heavy (non-hydrogen) atoms. The normalized spacial score (nSPS) is 19.6. The number of nitrogens with zero attached hydrogens (tertiary/aromatic N) is 2. The second-order valence-electron chi connectivity index (χ2n) is 6.09. The van der Waals surface area contributed by atoms with Crippen molar-refractivity contribution in [3.05, 3.63) is 59.5 Å². The molecule has 1 aromatic heterocycles. The van der Waals surface area contributed by atoms with E-state index in [1.165, 1.54) is 0 Å². The zero-order chi connectivity index (χ0) is 16.7. The van der Waals surface area contributed by atoms with Crippen LogP contribution in [0.3, 0.4) is 0 Å². The average molecular weight is 321 g/mol. The van der Waals surface area contributed by atoms with Crippen molar-refractivity contribution < 1.29 is 9.84 Å². The molecule has 3 aromatic rings. The summed E-state index contributed by atoms with van der Waals surface area (Å²) in [5, 5.41) is 15.9. The molecule has 1 atom stereocenters. The van der Waals surface area contributed by atoms with Gasteiger partial charge < -0.3 is 15.2 Å². The number of para-hydroxylation sites is 1. The van der Waals surface area contributed by atoms with Gasteiger partial charge in [-0.1, -0.05) is 18.2 Å². The van der Waals surface area contributed by atoms with Crippen molar-refractivity contribution in [2.24, 2.45) is 0 Å². The second kappa shape index (κ2) is 5.46. The summed E-state index contributed by atoms with van der Waals surface area (Å²) < 4.78 is 5.35. The van der Waals surface area contributed by atoms with Gasteiger partial charge in [-0.05, 0) is 31.2 Å². The molecule has 0 fully saturated rings. The van der Waals surface area contributed by atoms with E-state index in [1.807, 2.05) is 49.4 Å². The fourth-order valence-electron chi connectivity index (χ4n) is 3.41. The Hall–Kier alpha value is -2.66. The van der Waals surface area contributed by atoms with Crippen LogP contribution in [0.1, 0.15) is 23.5 Å². The van der Waals surface area contributed by atoms with E-state index in [2.05, 4.69) is 15.3 Å². The van der Waals surface area contributed by atoms with Crippen LogP contribution in [0.5, 0.6) is 5.75 Å². The van der Waals surface area contributed by atoms with Gasteiger partial charge in [-0.3, -0.25) is 0 Å². The van der Waals surface area contributed by atoms with Gasteiger partial charge in [-0.15, -0.1) is 0 Å². The Labute approximate surface area is 140 Å². The zero-order valence-electron chi connectivity index (χ0n) is 13.7. The number of rotatable bonds is 2. The Kier molecular flexibility index (Phi) is 3.39. The van der Waals surface area contributed by atoms with Gasteiger partial charge in [-0.25, -0.2) is 9.97 Å². The molecule has 0 aliphatic carbocycles. The number of ether oxygens (including phenoxy) is 1. The monoisotopic (exact) mass is 321 g/mol. The number of nitrogens with one attached hydrogen (secondary N) is 1. The standard InChI is InChI=1S/C19H19N3O2/c1-12-21-16-6-4-3-5-14(16)18(22-12)19(23)9-10-20-17-8-7-13(24-2)11-15(17)19/h3-8,11,20,23H,9-10H2,1-2H3. The summed E-state index contributed by atoms with van der Waals surface area (Å²) in [4.78, 5) is 9.11. The molecule has 5 nitrogen and oxygen atoms in total. The molecule has 0 saturated carbocycles. The van der Waals surface area contributed by atoms with E-state index in [0.717, 1.165) is 22.2 Å². The van der Waals surface area contributed by atoms with Crippen molar-refractivity contribution in [3.8, 4) is 5.75 Å². The molecular formula is C19H19N3O2. The van der Waals surface area contributed by atoms with Gasteiger partial charge in [0.05, 0.1) is 18.3 Å². The third-order valence-electron chi connectivity index (χ3n) is 4.58. The highest BCUT2D eigenvalue weighted by molar-refractivity contribution is 5.83. The van der Waals surface area contributed by atoms with Gasteiger partial charge in [0.15, 0.2) is 0 Å². The van der Waals surface area contributed by atoms with Crippen LogP contribution in [0.25, 0.3) is 10.9 Å². The molecule has 5 heteroatoms. The Balaban J connectivity index is 2.01. The number of hydrogen-bond acceptors (Lipinski definition) is 5. The minimum Gasteiger partial charge on any atom is -0.497 e. The molecule has 4 rings (SSSR count). The fraction of sp³-hybridized carbons (Fsp3) is 0.263. The third-order valence-corrected chi connectivity index (χ3v) is 4.58. The molecule has 2 heterocycles. The molecule has 0 bridgehead atoms. The fourth-order valence-corrected chi connectivity index (χ4v) is 3.41. The highest BCUT2D eigenvalue weighted by Crippen LogP contribution is 2.43. The highest BCUT2D eigenvalue weighted by Gasteiger charge is 2.39. The summed E-state index contributed by atoms with van der Waals surface area (Å²) in [5.74, 6) is 1.37. The summed E-state index contributed by atoms with van der Waals surface area (Å²) in [6, 6.07) is 13.5. The van der Waals surface area contributed by atoms with E-state index in [9.17, 15) is 5.11 Å². The number of fused-ring (bicyclic) bond motifs is 2. The van der Waals surface area contributed by atoms with Gasteiger partial charge in [-0.2, -0.15) is 0 Å². The molecule has 1 aliphatic rings. The minimum absolute atomic E-state index is 0.535. The van der Waals surface area contributed by atoms with Crippen molar-refractivity contribution in [2.45, 2.75) is 18.9 Å². The first kappa shape index (κ1) is 14.9. The SMILES string of the molecule is COc1ccc2c(c1)C(O)(c1nc(C)nc3ccccc13)CCN2. The van der Waals surface area contributed by atoms with Crippen LogP contribution in [0.15, 0.2) is 42.5 Å². The maximum Gasteiger partial charge on any atom is 0.136 e. The largest absolute Gasteiger partial charge is 0.497 e. The first-order valence-electron chi connectivity index (χ1n) is 8.00. The van der Waals surface area contributed by atoms with Crippen LogP contribution >= 0.6 is 0 Å². The maximum absolute atomic E-state index is 11.7. The molecule has 0 radical (unpaired) electrons. The predicted molar refractivity (Wildman–Crippen MR) is 93.4 cm³/mol. The number of benzene rings is 2. The van der Waals surface area contributed by atoms with E-state index in [4.69, 9.17) is 4.74 Å². The van der Waals surface area contributed by atoms with Crippen LogP contribution in [-0.2, 0) is 5.60 Å². The highest BCUT2D eigenvalue weighted by atomic mass is 16.5. The molecule has 2 aromatic carbocycles. The molecule has 122 valence electrons. The average Bonchev–Trinajstić information content (AvgIpc) is 2.61. The Morgan fingerprint density at radius 2 is 2.00 bits per heavy atom. The molecule has 2 N–H and O–H groups in total. The Morgan fingerprint density at radius 1 is 1.17 bits per heavy atom. The molecular weight excluding hydrogens is 302 g/mol. The maximum atomic E-state index is 11.7.